The molecule has 0 spiro atoms. The van der Waals surface area contributed by atoms with Gasteiger partial charge in [0.25, 0.3) is 0 Å². The second kappa shape index (κ2) is 5.51. The number of β-amino-alcohol motifs (C(OH)–C–C–N with tert-alkyl or cyclic N) is 1. The van der Waals surface area contributed by atoms with Gasteiger partial charge in [-0.05, 0) is 52.7 Å². The Morgan fingerprint density at radius 1 is 1.47 bits per heavy atom. The van der Waals surface area contributed by atoms with Crippen molar-refractivity contribution in [2.24, 2.45) is 0 Å². The lowest BCUT2D eigenvalue weighted by Gasteiger charge is -2.37. The summed E-state index contributed by atoms with van der Waals surface area (Å²) in [6, 6.07) is 0. The lowest BCUT2D eigenvalue weighted by Crippen LogP contribution is -2.47. The number of nitrogens with zero attached hydrogens (tertiary/aromatic N) is 1. The zero-order valence-electron chi connectivity index (χ0n) is 11.8. The molecule has 1 heterocycles. The van der Waals surface area contributed by atoms with Crippen LogP contribution in [0.5, 0.6) is 0 Å². The molecular formula is C14H28N2O. The summed E-state index contributed by atoms with van der Waals surface area (Å²) in [4.78, 5) is 2.30. The van der Waals surface area contributed by atoms with Crippen molar-refractivity contribution in [3.05, 3.63) is 12.2 Å². The first-order chi connectivity index (χ1) is 7.68. The van der Waals surface area contributed by atoms with Crippen LogP contribution in [0.25, 0.3) is 0 Å². The normalized spacial score (nSPS) is 27.1. The van der Waals surface area contributed by atoms with Gasteiger partial charge < -0.3 is 10.4 Å². The predicted molar refractivity (Wildman–Crippen MR) is 73.2 cm³/mol. The summed E-state index contributed by atoms with van der Waals surface area (Å²) < 4.78 is 0. The predicted octanol–water partition coefficient (Wildman–Crippen LogP) is 1.78. The smallest absolute Gasteiger partial charge is 0.0746 e. The highest BCUT2D eigenvalue weighted by molar-refractivity contribution is 5.02. The Hall–Kier alpha value is -0.380. The Kier molecular flexibility index (Phi) is 4.76. The maximum absolute atomic E-state index is 10.0. The van der Waals surface area contributed by atoms with Gasteiger partial charge in [0.1, 0.15) is 0 Å². The van der Waals surface area contributed by atoms with Gasteiger partial charge in [-0.15, -0.1) is 0 Å². The van der Waals surface area contributed by atoms with Crippen LogP contribution in [0.1, 0.15) is 40.5 Å². The van der Waals surface area contributed by atoms with Crippen LogP contribution in [0.2, 0.25) is 0 Å². The fourth-order valence-corrected chi connectivity index (χ4v) is 2.22. The first kappa shape index (κ1) is 14.7. The highest BCUT2D eigenvalue weighted by atomic mass is 16.3. The number of rotatable bonds is 4. The molecule has 1 atom stereocenters. The van der Waals surface area contributed by atoms with E-state index in [2.05, 4.69) is 37.6 Å². The van der Waals surface area contributed by atoms with Crippen LogP contribution < -0.4 is 5.32 Å². The molecule has 0 aromatic heterocycles. The number of piperidine rings is 1. The van der Waals surface area contributed by atoms with Crippen molar-refractivity contribution >= 4 is 0 Å². The lowest BCUT2D eigenvalue weighted by molar-refractivity contribution is -0.0125. The van der Waals surface area contributed by atoms with Gasteiger partial charge in [-0.3, -0.25) is 4.90 Å². The van der Waals surface area contributed by atoms with E-state index in [0.717, 1.165) is 39.0 Å². The SMILES string of the molecule is C=C(CNC(C)(C)C)CN1CCCC(C)(O)C1. The molecule has 1 aliphatic rings. The second-order valence-electron chi connectivity index (χ2n) is 6.66. The highest BCUT2D eigenvalue weighted by Crippen LogP contribution is 2.20. The van der Waals surface area contributed by atoms with Gasteiger partial charge >= 0.3 is 0 Å². The first-order valence-electron chi connectivity index (χ1n) is 6.54. The average molecular weight is 240 g/mol. The van der Waals surface area contributed by atoms with Gasteiger partial charge in [-0.25, -0.2) is 0 Å². The van der Waals surface area contributed by atoms with Crippen molar-refractivity contribution in [1.82, 2.24) is 10.2 Å². The summed E-state index contributed by atoms with van der Waals surface area (Å²) in [7, 11) is 0. The largest absolute Gasteiger partial charge is 0.389 e. The molecule has 0 aromatic rings. The molecule has 0 radical (unpaired) electrons. The minimum Gasteiger partial charge on any atom is -0.389 e. The van der Waals surface area contributed by atoms with E-state index in [0.29, 0.717) is 0 Å². The van der Waals surface area contributed by atoms with Crippen LogP contribution in [0.4, 0.5) is 0 Å². The van der Waals surface area contributed by atoms with E-state index in [4.69, 9.17) is 0 Å². The molecule has 1 aliphatic heterocycles. The average Bonchev–Trinajstić information content (AvgIpc) is 2.12. The molecule has 0 amide bonds. The van der Waals surface area contributed by atoms with E-state index in [1.807, 2.05) is 6.92 Å². The molecule has 0 aromatic carbocycles. The number of likely N-dealkylation sites (tertiary alicyclic amines) is 1. The lowest BCUT2D eigenvalue weighted by atomic mass is 9.95. The van der Waals surface area contributed by atoms with E-state index < -0.39 is 5.60 Å². The Balaban J connectivity index is 2.31. The van der Waals surface area contributed by atoms with Gasteiger partial charge in [0.05, 0.1) is 5.60 Å². The summed E-state index contributed by atoms with van der Waals surface area (Å²) in [5, 5.41) is 13.5. The van der Waals surface area contributed by atoms with Crippen molar-refractivity contribution in [2.45, 2.75) is 51.7 Å². The Morgan fingerprint density at radius 2 is 2.12 bits per heavy atom. The molecule has 3 nitrogen and oxygen atoms in total. The topological polar surface area (TPSA) is 35.5 Å². The number of hydrogen-bond donors (Lipinski definition) is 2. The molecule has 1 rings (SSSR count). The van der Waals surface area contributed by atoms with Crippen LogP contribution in [0.15, 0.2) is 12.2 Å². The summed E-state index contributed by atoms with van der Waals surface area (Å²) in [5.74, 6) is 0. The molecule has 17 heavy (non-hydrogen) atoms. The molecule has 1 fully saturated rings. The zero-order valence-corrected chi connectivity index (χ0v) is 11.8. The molecule has 1 saturated heterocycles. The molecule has 0 bridgehead atoms. The van der Waals surface area contributed by atoms with Crippen molar-refractivity contribution in [3.8, 4) is 0 Å². The van der Waals surface area contributed by atoms with Gasteiger partial charge in [-0.2, -0.15) is 0 Å². The summed E-state index contributed by atoms with van der Waals surface area (Å²) in [6.07, 6.45) is 1.99. The third-order valence-electron chi connectivity index (χ3n) is 3.07. The van der Waals surface area contributed by atoms with E-state index in [1.54, 1.807) is 0 Å². The molecule has 0 aliphatic carbocycles. The fourth-order valence-electron chi connectivity index (χ4n) is 2.22. The summed E-state index contributed by atoms with van der Waals surface area (Å²) in [6.45, 7) is 16.1. The number of hydrogen-bond acceptors (Lipinski definition) is 3. The monoisotopic (exact) mass is 240 g/mol. The van der Waals surface area contributed by atoms with Crippen molar-refractivity contribution in [2.75, 3.05) is 26.2 Å². The van der Waals surface area contributed by atoms with Crippen LogP contribution in [0, 0.1) is 0 Å². The van der Waals surface area contributed by atoms with Crippen molar-refractivity contribution in [3.63, 3.8) is 0 Å². The molecule has 100 valence electrons. The quantitative estimate of drug-likeness (QED) is 0.735. The van der Waals surface area contributed by atoms with Crippen molar-refractivity contribution < 1.29 is 5.11 Å². The van der Waals surface area contributed by atoms with E-state index in [-0.39, 0.29) is 5.54 Å². The maximum Gasteiger partial charge on any atom is 0.0746 e. The number of nitrogens with one attached hydrogen (secondary N) is 1. The maximum atomic E-state index is 10.0. The van der Waals surface area contributed by atoms with Crippen molar-refractivity contribution in [1.29, 1.82) is 0 Å². The highest BCUT2D eigenvalue weighted by Gasteiger charge is 2.28. The molecule has 3 heteroatoms. The molecule has 0 saturated carbocycles. The number of aliphatic hydroxyl groups is 1. The summed E-state index contributed by atoms with van der Waals surface area (Å²) >= 11 is 0. The standard InChI is InChI=1S/C14H28N2O/c1-12(9-15-13(2,3)4)10-16-8-6-7-14(5,17)11-16/h15,17H,1,6-11H2,2-5H3. The fraction of sp³-hybridized carbons (Fsp3) is 0.857. The van der Waals surface area contributed by atoms with E-state index in [1.165, 1.54) is 5.57 Å². The molecule has 2 N–H and O–H groups in total. The third-order valence-corrected chi connectivity index (χ3v) is 3.07. The van der Waals surface area contributed by atoms with Gasteiger partial charge in [0.2, 0.25) is 0 Å². The molecule has 1 unspecified atom stereocenters. The Bertz CT molecular complexity index is 266. The van der Waals surface area contributed by atoms with Crippen LogP contribution in [0.3, 0.4) is 0 Å². The van der Waals surface area contributed by atoms with Gasteiger partial charge in [0.15, 0.2) is 0 Å². The van der Waals surface area contributed by atoms with Crippen LogP contribution >= 0.6 is 0 Å². The second-order valence-corrected chi connectivity index (χ2v) is 6.66. The van der Waals surface area contributed by atoms with E-state index in [9.17, 15) is 5.11 Å². The van der Waals surface area contributed by atoms with E-state index >= 15 is 0 Å². The third kappa shape index (κ3) is 6.20. The van der Waals surface area contributed by atoms with Gasteiger partial charge in [-0.1, -0.05) is 6.58 Å². The minimum absolute atomic E-state index is 0.135. The molecular weight excluding hydrogens is 212 g/mol. The zero-order chi connectivity index (χ0) is 13.1. The van der Waals surface area contributed by atoms with Gasteiger partial charge in [0, 0.05) is 25.2 Å². The minimum atomic E-state index is -0.518. The van der Waals surface area contributed by atoms with Crippen LogP contribution in [-0.4, -0.2) is 47.3 Å². The Labute approximate surface area is 106 Å². The first-order valence-corrected chi connectivity index (χ1v) is 6.54. The van der Waals surface area contributed by atoms with Crippen LogP contribution in [-0.2, 0) is 0 Å². The summed E-state index contributed by atoms with van der Waals surface area (Å²) in [5.41, 5.74) is 0.810. The Morgan fingerprint density at radius 3 is 2.65 bits per heavy atom.